The van der Waals surface area contributed by atoms with Crippen LogP contribution in [-0.4, -0.2) is 79.5 Å². The minimum Gasteiger partial charge on any atom is -0.320 e. The number of aliphatic imine (C=N–C) groups is 2. The lowest BCUT2D eigenvalue weighted by molar-refractivity contribution is -0.138. The number of carbonyl (C=O) groups is 1. The highest BCUT2D eigenvalue weighted by Gasteiger charge is 2.34. The summed E-state index contributed by atoms with van der Waals surface area (Å²) < 4.78 is 67.5. The molecule has 14 heteroatoms. The van der Waals surface area contributed by atoms with Crippen LogP contribution in [0.3, 0.4) is 0 Å². The highest BCUT2D eigenvalue weighted by molar-refractivity contribution is 7.92. The van der Waals surface area contributed by atoms with Gasteiger partial charge in [-0.2, -0.15) is 23.0 Å². The molecule has 1 fully saturated rings. The van der Waals surface area contributed by atoms with Gasteiger partial charge in [0.05, 0.1) is 35.6 Å². The van der Waals surface area contributed by atoms with Gasteiger partial charge in [-0.15, -0.1) is 0 Å². The van der Waals surface area contributed by atoms with Gasteiger partial charge in [0, 0.05) is 38.3 Å². The Hall–Kier alpha value is -3.52. The average molecular weight is 526 g/mol. The Kier molecular flexibility index (Phi) is 8.30. The highest BCUT2D eigenvalue weighted by Crippen LogP contribution is 2.35. The van der Waals surface area contributed by atoms with Gasteiger partial charge in [0.2, 0.25) is 10.0 Å². The summed E-state index contributed by atoms with van der Waals surface area (Å²) in [5, 5.41) is 3.88. The summed E-state index contributed by atoms with van der Waals surface area (Å²) in [6, 6.07) is 3.64. The van der Waals surface area contributed by atoms with Gasteiger partial charge in [-0.1, -0.05) is 18.2 Å². The lowest BCUT2D eigenvalue weighted by atomic mass is 10.0. The van der Waals surface area contributed by atoms with Crippen LogP contribution in [0.1, 0.15) is 23.6 Å². The Morgan fingerprint density at radius 2 is 1.94 bits per heavy atom. The molecule has 1 aromatic heterocycles. The van der Waals surface area contributed by atoms with Crippen molar-refractivity contribution in [3.05, 3.63) is 53.4 Å². The van der Waals surface area contributed by atoms with Gasteiger partial charge in [-0.25, -0.2) is 18.2 Å². The molecule has 1 aliphatic heterocycles. The molecule has 1 aromatic carbocycles. The zero-order valence-corrected chi connectivity index (χ0v) is 20.6. The second-order valence-electron chi connectivity index (χ2n) is 8.06. The third kappa shape index (κ3) is 7.01. The molecule has 1 saturated heterocycles. The van der Waals surface area contributed by atoms with E-state index in [2.05, 4.69) is 26.5 Å². The van der Waals surface area contributed by atoms with E-state index in [1.807, 2.05) is 4.90 Å². The summed E-state index contributed by atoms with van der Waals surface area (Å²) in [5.41, 5.74) is 0.186. The minimum atomic E-state index is -4.56. The summed E-state index contributed by atoms with van der Waals surface area (Å²) in [4.78, 5) is 23.5. The van der Waals surface area contributed by atoms with E-state index in [0.717, 1.165) is 17.0 Å². The summed E-state index contributed by atoms with van der Waals surface area (Å²) in [5.74, 6) is 0. The van der Waals surface area contributed by atoms with Gasteiger partial charge in [-0.3, -0.25) is 14.6 Å². The maximum absolute atomic E-state index is 13.9. The van der Waals surface area contributed by atoms with Gasteiger partial charge < -0.3 is 4.90 Å². The molecule has 2 heterocycles. The number of hydrogen-bond donors (Lipinski definition) is 1. The Morgan fingerprint density at radius 3 is 2.53 bits per heavy atom. The molecular weight excluding hydrogens is 499 g/mol. The number of anilines is 1. The molecule has 3 rings (SSSR count). The minimum absolute atomic E-state index is 0.0595. The fourth-order valence-electron chi connectivity index (χ4n) is 3.73. The summed E-state index contributed by atoms with van der Waals surface area (Å²) in [6.45, 7) is 6.28. The molecule has 0 aliphatic carbocycles. The summed E-state index contributed by atoms with van der Waals surface area (Å²) >= 11 is 0. The number of aromatic nitrogens is 2. The Morgan fingerprint density at radius 1 is 1.25 bits per heavy atom. The predicted octanol–water partition coefficient (Wildman–Crippen LogP) is 3.15. The molecule has 10 nitrogen and oxygen atoms in total. The van der Waals surface area contributed by atoms with Crippen molar-refractivity contribution in [1.29, 1.82) is 0 Å². The van der Waals surface area contributed by atoms with E-state index in [1.165, 1.54) is 29.7 Å². The molecule has 1 aliphatic rings. The van der Waals surface area contributed by atoms with Crippen molar-refractivity contribution < 1.29 is 26.4 Å². The van der Waals surface area contributed by atoms with E-state index in [4.69, 9.17) is 0 Å². The second-order valence-corrected chi connectivity index (χ2v) is 9.81. The molecule has 0 atom stereocenters. The second kappa shape index (κ2) is 11.0. The van der Waals surface area contributed by atoms with Crippen molar-refractivity contribution in [1.82, 2.24) is 19.6 Å². The standard InChI is InChI=1S/C22H26F3N7O3S/c1-4-20(27-15-26-2)16-5-6-17(19(11-16)22(23,24)25)13-30-7-9-31(10-8-30)21(33)32-14-18(12-28-32)29-36(3,34)35/h4-6,11-12,14-15,29H,2,7-10,13H2,1,3H3/b20-4-,27-15-. The fourth-order valence-corrected chi connectivity index (χ4v) is 4.27. The maximum Gasteiger partial charge on any atom is 0.416 e. The van der Waals surface area contributed by atoms with Crippen LogP contribution in [0.25, 0.3) is 5.70 Å². The number of halogens is 3. The molecular formula is C22H26F3N7O3S. The van der Waals surface area contributed by atoms with Crippen molar-refractivity contribution in [3.63, 3.8) is 0 Å². The smallest absolute Gasteiger partial charge is 0.320 e. The number of nitrogens with zero attached hydrogens (tertiary/aromatic N) is 6. The molecule has 0 saturated carbocycles. The number of carbonyl (C=O) groups excluding carboxylic acids is 1. The Labute approximate surface area is 206 Å². The largest absolute Gasteiger partial charge is 0.416 e. The number of alkyl halides is 3. The lowest BCUT2D eigenvalue weighted by Gasteiger charge is -2.34. The van der Waals surface area contributed by atoms with Crippen LogP contribution < -0.4 is 4.72 Å². The zero-order chi connectivity index (χ0) is 26.5. The van der Waals surface area contributed by atoms with Crippen molar-refractivity contribution in [2.24, 2.45) is 9.98 Å². The van der Waals surface area contributed by atoms with Gasteiger partial charge in [0.15, 0.2) is 0 Å². The molecule has 0 unspecified atom stereocenters. The predicted molar refractivity (Wildman–Crippen MR) is 131 cm³/mol. The fraction of sp³-hybridized carbons (Fsp3) is 0.364. The van der Waals surface area contributed by atoms with Crippen molar-refractivity contribution in [2.75, 3.05) is 37.2 Å². The number of benzene rings is 1. The molecule has 36 heavy (non-hydrogen) atoms. The van der Waals surface area contributed by atoms with Gasteiger partial charge in [0.25, 0.3) is 0 Å². The summed E-state index contributed by atoms with van der Waals surface area (Å²) in [6.07, 6.45) is 1.67. The third-order valence-corrected chi connectivity index (χ3v) is 5.99. The van der Waals surface area contributed by atoms with E-state index in [-0.39, 0.29) is 30.9 Å². The third-order valence-electron chi connectivity index (χ3n) is 5.38. The molecule has 194 valence electrons. The first kappa shape index (κ1) is 27.1. The Balaban J connectivity index is 1.68. The van der Waals surface area contributed by atoms with E-state index < -0.39 is 27.8 Å². The molecule has 1 amide bonds. The molecule has 0 radical (unpaired) electrons. The van der Waals surface area contributed by atoms with Crippen LogP contribution in [0.2, 0.25) is 0 Å². The zero-order valence-electron chi connectivity index (χ0n) is 19.7. The SMILES string of the molecule is C=N/C=N\C(=C/C)c1ccc(CN2CCN(C(=O)n3cc(NS(C)(=O)=O)cn3)CC2)c(C(F)(F)F)c1. The number of sulfonamides is 1. The average Bonchev–Trinajstić information content (AvgIpc) is 3.26. The van der Waals surface area contributed by atoms with Crippen LogP contribution in [0.5, 0.6) is 0 Å². The lowest BCUT2D eigenvalue weighted by Crippen LogP contribution is -2.49. The first-order valence-electron chi connectivity index (χ1n) is 10.8. The van der Waals surface area contributed by atoms with Crippen LogP contribution in [0.4, 0.5) is 23.7 Å². The van der Waals surface area contributed by atoms with E-state index in [0.29, 0.717) is 24.4 Å². The maximum atomic E-state index is 13.9. The molecule has 0 spiro atoms. The number of nitrogens with one attached hydrogen (secondary N) is 1. The van der Waals surface area contributed by atoms with E-state index in [1.54, 1.807) is 19.1 Å². The normalized spacial score (nSPS) is 15.9. The van der Waals surface area contributed by atoms with Crippen LogP contribution in [-0.2, 0) is 22.7 Å². The van der Waals surface area contributed by atoms with Gasteiger partial charge in [-0.05, 0) is 25.3 Å². The molecule has 0 bridgehead atoms. The van der Waals surface area contributed by atoms with E-state index in [9.17, 15) is 26.4 Å². The Bertz CT molecular complexity index is 1280. The number of piperazine rings is 1. The van der Waals surface area contributed by atoms with Crippen molar-refractivity contribution >= 4 is 40.5 Å². The highest BCUT2D eigenvalue weighted by atomic mass is 32.2. The monoisotopic (exact) mass is 525 g/mol. The topological polar surface area (TPSA) is 112 Å². The van der Waals surface area contributed by atoms with Crippen LogP contribution in [0.15, 0.2) is 46.7 Å². The summed E-state index contributed by atoms with van der Waals surface area (Å²) in [7, 11) is -3.51. The van der Waals surface area contributed by atoms with Crippen LogP contribution >= 0.6 is 0 Å². The van der Waals surface area contributed by atoms with Crippen molar-refractivity contribution in [2.45, 2.75) is 19.6 Å². The number of rotatable bonds is 7. The molecule has 1 N–H and O–H groups in total. The van der Waals surface area contributed by atoms with Crippen molar-refractivity contribution in [3.8, 4) is 0 Å². The quantitative estimate of drug-likeness (QED) is 0.441. The number of hydrogen-bond acceptors (Lipinski definition) is 6. The van der Waals surface area contributed by atoms with Crippen LogP contribution in [0, 0.1) is 0 Å². The molecule has 2 aromatic rings. The first-order valence-corrected chi connectivity index (χ1v) is 12.7. The number of allylic oxidation sites excluding steroid dienone is 1. The van der Waals surface area contributed by atoms with Gasteiger partial charge >= 0.3 is 12.2 Å². The number of amides is 1. The first-order chi connectivity index (χ1) is 16.9. The van der Waals surface area contributed by atoms with E-state index >= 15 is 0 Å². The van der Waals surface area contributed by atoms with Gasteiger partial charge in [0.1, 0.15) is 6.34 Å².